The number of carbonyl (C=O) groups excluding carboxylic acids is 2. The molecule has 2 aliphatic rings. The van der Waals surface area contributed by atoms with Gasteiger partial charge in [-0.3, -0.25) is 14.3 Å². The number of hydrogen-bond donors (Lipinski definition) is 1. The van der Waals surface area contributed by atoms with Crippen LogP contribution in [0, 0.1) is 11.8 Å². The largest absolute Gasteiger partial charge is 0.353 e. The Labute approximate surface area is 142 Å². The highest BCUT2D eigenvalue weighted by Gasteiger charge is 2.37. The quantitative estimate of drug-likeness (QED) is 0.837. The maximum atomic E-state index is 12.8. The van der Waals surface area contributed by atoms with Gasteiger partial charge in [0.15, 0.2) is 0 Å². The summed E-state index contributed by atoms with van der Waals surface area (Å²) in [6, 6.07) is 2.14. The molecule has 2 amide bonds. The average molecular weight is 330 g/mol. The van der Waals surface area contributed by atoms with E-state index in [4.69, 9.17) is 0 Å². The van der Waals surface area contributed by atoms with Crippen molar-refractivity contribution in [3.8, 4) is 0 Å². The van der Waals surface area contributed by atoms with Gasteiger partial charge in [0, 0.05) is 37.4 Å². The number of rotatable bonds is 5. The summed E-state index contributed by atoms with van der Waals surface area (Å²) in [6.07, 6.45) is 9.21. The van der Waals surface area contributed by atoms with Crippen LogP contribution in [0.25, 0.3) is 0 Å². The molecule has 3 rings (SSSR count). The number of amides is 2. The molecule has 0 radical (unpaired) electrons. The molecule has 0 spiro atoms. The van der Waals surface area contributed by atoms with Crippen LogP contribution in [0.4, 0.5) is 0 Å². The molecule has 130 valence electrons. The fourth-order valence-corrected chi connectivity index (χ4v) is 3.80. The van der Waals surface area contributed by atoms with Gasteiger partial charge in [-0.2, -0.15) is 5.10 Å². The van der Waals surface area contributed by atoms with Crippen molar-refractivity contribution < 1.29 is 9.59 Å². The van der Waals surface area contributed by atoms with Crippen molar-refractivity contribution in [1.29, 1.82) is 0 Å². The van der Waals surface area contributed by atoms with Gasteiger partial charge in [-0.1, -0.05) is 19.4 Å². The lowest BCUT2D eigenvalue weighted by molar-refractivity contribution is -0.133. The predicted octanol–water partition coefficient (Wildman–Crippen LogP) is 1.76. The molecule has 1 aromatic heterocycles. The van der Waals surface area contributed by atoms with Crippen LogP contribution in [0.15, 0.2) is 31.1 Å². The van der Waals surface area contributed by atoms with E-state index in [1.54, 1.807) is 11.1 Å². The third kappa shape index (κ3) is 3.37. The molecule has 3 atom stereocenters. The lowest BCUT2D eigenvalue weighted by atomic mass is 9.83. The fourth-order valence-electron chi connectivity index (χ4n) is 3.80. The Balaban J connectivity index is 1.55. The number of hydrogen-bond acceptors (Lipinski definition) is 3. The fraction of sp³-hybridized carbons (Fsp3) is 0.611. The molecular formula is C18H26N4O2. The topological polar surface area (TPSA) is 67.2 Å². The molecule has 1 aromatic rings. The number of carbonyl (C=O) groups is 2. The zero-order valence-electron chi connectivity index (χ0n) is 14.2. The molecule has 2 fully saturated rings. The van der Waals surface area contributed by atoms with E-state index in [9.17, 15) is 9.59 Å². The Morgan fingerprint density at radius 2 is 2.08 bits per heavy atom. The molecule has 0 bridgehead atoms. The zero-order chi connectivity index (χ0) is 17.1. The highest BCUT2D eigenvalue weighted by molar-refractivity contribution is 5.87. The van der Waals surface area contributed by atoms with Crippen molar-refractivity contribution in [2.24, 2.45) is 11.8 Å². The zero-order valence-corrected chi connectivity index (χ0v) is 14.2. The third-order valence-corrected chi connectivity index (χ3v) is 5.40. The molecule has 1 saturated heterocycles. The van der Waals surface area contributed by atoms with E-state index in [2.05, 4.69) is 17.0 Å². The third-order valence-electron chi connectivity index (χ3n) is 5.40. The first-order valence-electron chi connectivity index (χ1n) is 8.81. The summed E-state index contributed by atoms with van der Waals surface area (Å²) in [5, 5.41) is 7.51. The second-order valence-electron chi connectivity index (χ2n) is 6.95. The van der Waals surface area contributed by atoms with Crippen LogP contribution in [0.5, 0.6) is 0 Å². The average Bonchev–Trinajstić information content (AvgIpc) is 3.07. The lowest BCUT2D eigenvalue weighted by Crippen LogP contribution is -2.57. The van der Waals surface area contributed by atoms with Gasteiger partial charge in [-0.05, 0) is 31.9 Å². The summed E-state index contributed by atoms with van der Waals surface area (Å²) in [5.74, 6) is 0.392. The normalized spacial score (nSPS) is 25.6. The molecule has 1 saturated carbocycles. The monoisotopic (exact) mass is 330 g/mol. The van der Waals surface area contributed by atoms with Gasteiger partial charge in [0.05, 0.1) is 12.0 Å². The smallest absolute Gasteiger partial charge is 0.245 e. The van der Waals surface area contributed by atoms with Gasteiger partial charge < -0.3 is 10.2 Å². The van der Waals surface area contributed by atoms with Gasteiger partial charge in [0.25, 0.3) is 0 Å². The number of likely N-dealkylation sites (tertiary alicyclic amines) is 1. The predicted molar refractivity (Wildman–Crippen MR) is 91.1 cm³/mol. The Morgan fingerprint density at radius 3 is 2.75 bits per heavy atom. The molecule has 0 aromatic carbocycles. The van der Waals surface area contributed by atoms with Crippen molar-refractivity contribution in [2.75, 3.05) is 13.1 Å². The van der Waals surface area contributed by atoms with Crippen LogP contribution < -0.4 is 5.32 Å². The van der Waals surface area contributed by atoms with E-state index in [0.29, 0.717) is 19.0 Å². The van der Waals surface area contributed by atoms with E-state index >= 15 is 0 Å². The number of nitrogens with zero attached hydrogens (tertiary/aromatic N) is 3. The van der Waals surface area contributed by atoms with Crippen LogP contribution >= 0.6 is 0 Å². The maximum Gasteiger partial charge on any atom is 0.245 e. The van der Waals surface area contributed by atoms with Crippen LogP contribution in [0.3, 0.4) is 0 Å². The highest BCUT2D eigenvalue weighted by atomic mass is 16.2. The standard InChI is InChI=1S/C18H26N4O2/c1-3-17(23)21-11-14(12-21)13(2)20-18(24)15-7-4-5-8-16(15)22-10-6-9-19-22/h3,6,9-10,13-16H,1,4-5,7-8,11-12H2,2H3,(H,20,24). The first-order chi connectivity index (χ1) is 11.6. The Hall–Kier alpha value is -2.11. The summed E-state index contributed by atoms with van der Waals surface area (Å²) < 4.78 is 1.93. The summed E-state index contributed by atoms with van der Waals surface area (Å²) in [4.78, 5) is 26.1. The van der Waals surface area contributed by atoms with E-state index < -0.39 is 0 Å². The van der Waals surface area contributed by atoms with E-state index in [-0.39, 0.29) is 29.8 Å². The molecular weight excluding hydrogens is 304 g/mol. The van der Waals surface area contributed by atoms with Crippen molar-refractivity contribution in [3.63, 3.8) is 0 Å². The minimum atomic E-state index is -0.0317. The van der Waals surface area contributed by atoms with Crippen molar-refractivity contribution >= 4 is 11.8 Å². The SMILES string of the molecule is C=CC(=O)N1CC(C(C)NC(=O)C2CCCCC2n2cccn2)C1. The second kappa shape index (κ2) is 7.20. The summed E-state index contributed by atoms with van der Waals surface area (Å²) >= 11 is 0. The molecule has 2 heterocycles. The number of nitrogens with one attached hydrogen (secondary N) is 1. The van der Waals surface area contributed by atoms with Gasteiger partial charge in [0.2, 0.25) is 11.8 Å². The molecule has 6 heteroatoms. The van der Waals surface area contributed by atoms with Crippen LogP contribution in [-0.4, -0.2) is 45.6 Å². The van der Waals surface area contributed by atoms with Crippen molar-refractivity contribution in [2.45, 2.75) is 44.7 Å². The van der Waals surface area contributed by atoms with Gasteiger partial charge in [-0.15, -0.1) is 0 Å². The van der Waals surface area contributed by atoms with Crippen LogP contribution in [0.2, 0.25) is 0 Å². The van der Waals surface area contributed by atoms with Gasteiger partial charge in [0.1, 0.15) is 0 Å². The lowest BCUT2D eigenvalue weighted by Gasteiger charge is -2.42. The minimum absolute atomic E-state index is 0.0212. The first-order valence-corrected chi connectivity index (χ1v) is 8.81. The van der Waals surface area contributed by atoms with E-state index in [1.807, 2.05) is 23.9 Å². The summed E-state index contributed by atoms with van der Waals surface area (Å²) in [6.45, 7) is 6.93. The number of aromatic nitrogens is 2. The molecule has 24 heavy (non-hydrogen) atoms. The second-order valence-corrected chi connectivity index (χ2v) is 6.95. The van der Waals surface area contributed by atoms with Crippen LogP contribution in [-0.2, 0) is 9.59 Å². The highest BCUT2D eigenvalue weighted by Crippen LogP contribution is 2.34. The van der Waals surface area contributed by atoms with Gasteiger partial charge in [-0.25, -0.2) is 0 Å². The minimum Gasteiger partial charge on any atom is -0.353 e. The molecule has 1 N–H and O–H groups in total. The first kappa shape index (κ1) is 16.7. The van der Waals surface area contributed by atoms with Crippen molar-refractivity contribution in [1.82, 2.24) is 20.0 Å². The summed E-state index contributed by atoms with van der Waals surface area (Å²) in [7, 11) is 0. The van der Waals surface area contributed by atoms with Gasteiger partial charge >= 0.3 is 0 Å². The molecule has 6 nitrogen and oxygen atoms in total. The van der Waals surface area contributed by atoms with Crippen molar-refractivity contribution in [3.05, 3.63) is 31.1 Å². The van der Waals surface area contributed by atoms with Crippen LogP contribution in [0.1, 0.15) is 38.6 Å². The molecule has 1 aliphatic heterocycles. The van der Waals surface area contributed by atoms with E-state index in [1.165, 1.54) is 6.08 Å². The molecule has 3 unspecified atom stereocenters. The Bertz CT molecular complexity index is 592. The summed E-state index contributed by atoms with van der Waals surface area (Å²) in [5.41, 5.74) is 0. The molecule has 1 aliphatic carbocycles. The van der Waals surface area contributed by atoms with E-state index in [0.717, 1.165) is 25.7 Å². The Kier molecular flexibility index (Phi) is 5.02. The maximum absolute atomic E-state index is 12.8. The Morgan fingerprint density at radius 1 is 1.33 bits per heavy atom.